The molecule has 0 amide bonds. The van der Waals surface area contributed by atoms with Crippen LogP contribution in [0.25, 0.3) is 0 Å². The summed E-state index contributed by atoms with van der Waals surface area (Å²) in [6.45, 7) is 6.87. The summed E-state index contributed by atoms with van der Waals surface area (Å²) in [5, 5.41) is 2.06. The molecule has 0 saturated heterocycles. The Morgan fingerprint density at radius 2 is 1.53 bits per heavy atom. The van der Waals surface area contributed by atoms with E-state index >= 15 is 0 Å². The largest absolute Gasteiger partial charge is 0.387 e. The predicted octanol–water partition coefficient (Wildman–Crippen LogP) is 5.57. The second kappa shape index (κ2) is 9.06. The predicted molar refractivity (Wildman–Crippen MR) is 82.5 cm³/mol. The molecule has 0 radical (unpaired) electrons. The molecule has 0 aromatic heterocycles. The molecule has 0 fully saturated rings. The van der Waals surface area contributed by atoms with Gasteiger partial charge in [-0.05, 0) is 31.9 Å². The maximum absolute atomic E-state index is 5.70. The Balaban J connectivity index is 2.50. The van der Waals surface area contributed by atoms with E-state index in [9.17, 15) is 0 Å². The number of rotatable bonds is 10. The van der Waals surface area contributed by atoms with Crippen LogP contribution in [0.1, 0.15) is 78.6 Å². The van der Waals surface area contributed by atoms with Gasteiger partial charge in [-0.3, -0.25) is 0 Å². The van der Waals surface area contributed by atoms with E-state index < -0.39 is 0 Å². The van der Waals surface area contributed by atoms with Gasteiger partial charge in [-0.1, -0.05) is 58.8 Å². The van der Waals surface area contributed by atoms with E-state index in [-0.39, 0.29) is 5.54 Å². The van der Waals surface area contributed by atoms with Crippen molar-refractivity contribution in [3.8, 4) is 0 Å². The summed E-state index contributed by atoms with van der Waals surface area (Å²) in [6, 6.07) is 0. The van der Waals surface area contributed by atoms with Crippen LogP contribution in [-0.4, -0.2) is 10.6 Å². The molecule has 1 aliphatic rings. The lowest BCUT2D eigenvalue weighted by Crippen LogP contribution is -2.42. The first-order valence-electron chi connectivity index (χ1n) is 8.02. The second-order valence-corrected chi connectivity index (χ2v) is 5.87. The van der Waals surface area contributed by atoms with Crippen LogP contribution in [0.5, 0.6) is 0 Å². The highest BCUT2D eigenvalue weighted by atomic mass is 16.7. The Morgan fingerprint density at radius 1 is 0.895 bits per heavy atom. The minimum absolute atomic E-state index is 0.143. The molecule has 1 atom stereocenters. The molecule has 1 unspecified atom stereocenters. The van der Waals surface area contributed by atoms with Crippen molar-refractivity contribution < 1.29 is 4.84 Å². The zero-order chi connectivity index (χ0) is 14.0. The number of hydrogen-bond acceptors (Lipinski definition) is 2. The van der Waals surface area contributed by atoms with Crippen molar-refractivity contribution in [2.75, 3.05) is 0 Å². The van der Waals surface area contributed by atoms with Gasteiger partial charge in [0.15, 0.2) is 0 Å². The fourth-order valence-electron chi connectivity index (χ4n) is 2.65. The van der Waals surface area contributed by atoms with Gasteiger partial charge >= 0.3 is 0 Å². The lowest BCUT2D eigenvalue weighted by molar-refractivity contribution is -0.143. The molecule has 2 nitrogen and oxygen atoms in total. The Morgan fingerprint density at radius 3 is 2.11 bits per heavy atom. The molecule has 0 N–H and O–H groups in total. The Kier molecular flexibility index (Phi) is 7.69. The first kappa shape index (κ1) is 16.1. The van der Waals surface area contributed by atoms with Crippen molar-refractivity contribution in [2.24, 2.45) is 0 Å². The van der Waals surface area contributed by atoms with E-state index in [2.05, 4.69) is 38.1 Å². The first-order valence-corrected chi connectivity index (χ1v) is 8.02. The number of hydrogen-bond donors (Lipinski definition) is 0. The van der Waals surface area contributed by atoms with Crippen molar-refractivity contribution in [2.45, 2.75) is 84.1 Å². The summed E-state index contributed by atoms with van der Waals surface area (Å²) in [5.74, 6) is 0. The number of unbranched alkanes of at least 4 members (excludes halogenated alkanes) is 5. The van der Waals surface area contributed by atoms with Gasteiger partial charge < -0.3 is 4.84 Å². The van der Waals surface area contributed by atoms with Gasteiger partial charge in [0, 0.05) is 6.20 Å². The molecule has 1 aliphatic heterocycles. The standard InChI is InChI=1S/C17H31NO/c1-4-6-8-10-14-17(3,13-9-7-5-2)18-15-11-12-16-19-18/h11-12,15-16H,4-10,13-14H2,1-3H3. The summed E-state index contributed by atoms with van der Waals surface area (Å²) in [5.41, 5.74) is 0.143. The van der Waals surface area contributed by atoms with Gasteiger partial charge in [0.1, 0.15) is 6.26 Å². The van der Waals surface area contributed by atoms with Crippen LogP contribution in [0, 0.1) is 0 Å². The molecule has 0 bridgehead atoms. The average molecular weight is 265 g/mol. The Bertz CT molecular complexity index is 285. The normalized spacial score (nSPS) is 17.3. The lowest BCUT2D eigenvalue weighted by atomic mass is 9.88. The summed E-state index contributed by atoms with van der Waals surface area (Å²) < 4.78 is 0. The highest BCUT2D eigenvalue weighted by molar-refractivity contribution is 5.04. The van der Waals surface area contributed by atoms with Crippen LogP contribution in [0.15, 0.2) is 24.6 Å². The third-order valence-electron chi connectivity index (χ3n) is 4.01. The third kappa shape index (κ3) is 5.71. The fraction of sp³-hybridized carbons (Fsp3) is 0.765. The molecule has 1 rings (SSSR count). The smallest absolute Gasteiger partial charge is 0.119 e. The topological polar surface area (TPSA) is 12.5 Å². The lowest BCUT2D eigenvalue weighted by Gasteiger charge is -2.40. The van der Waals surface area contributed by atoms with Gasteiger partial charge in [-0.25, -0.2) is 5.06 Å². The molecule has 0 aromatic rings. The van der Waals surface area contributed by atoms with E-state index in [1.165, 1.54) is 57.8 Å². The molecular weight excluding hydrogens is 234 g/mol. The zero-order valence-electron chi connectivity index (χ0n) is 13.0. The van der Waals surface area contributed by atoms with Crippen molar-refractivity contribution in [3.63, 3.8) is 0 Å². The third-order valence-corrected chi connectivity index (χ3v) is 4.01. The highest BCUT2D eigenvalue weighted by Crippen LogP contribution is 2.30. The molecule has 0 aromatic carbocycles. The van der Waals surface area contributed by atoms with Gasteiger partial charge in [0.05, 0.1) is 5.54 Å². The fourth-order valence-corrected chi connectivity index (χ4v) is 2.65. The van der Waals surface area contributed by atoms with Crippen molar-refractivity contribution in [1.82, 2.24) is 5.06 Å². The van der Waals surface area contributed by atoms with Crippen molar-refractivity contribution in [1.29, 1.82) is 0 Å². The molecule has 19 heavy (non-hydrogen) atoms. The molecule has 0 saturated carbocycles. The zero-order valence-corrected chi connectivity index (χ0v) is 13.0. The van der Waals surface area contributed by atoms with Crippen molar-refractivity contribution in [3.05, 3.63) is 24.6 Å². The number of allylic oxidation sites excluding steroid dienone is 2. The van der Waals surface area contributed by atoms with Gasteiger partial charge in [0.2, 0.25) is 0 Å². The SMILES string of the molecule is CCCCCCC(C)(CCCCC)N1C=CC=CO1. The summed E-state index contributed by atoms with van der Waals surface area (Å²) in [6.07, 6.45) is 19.5. The maximum Gasteiger partial charge on any atom is 0.119 e. The molecule has 0 aliphatic carbocycles. The molecule has 110 valence electrons. The molecule has 1 heterocycles. The first-order chi connectivity index (χ1) is 9.23. The van der Waals surface area contributed by atoms with Crippen LogP contribution >= 0.6 is 0 Å². The Labute approximate surface area is 119 Å². The Hall–Kier alpha value is -0.920. The minimum Gasteiger partial charge on any atom is -0.387 e. The maximum atomic E-state index is 5.70. The molecular formula is C17H31NO. The van der Waals surface area contributed by atoms with E-state index in [1.54, 1.807) is 6.26 Å². The molecule has 0 spiro atoms. The van der Waals surface area contributed by atoms with E-state index in [1.807, 2.05) is 6.08 Å². The van der Waals surface area contributed by atoms with Crippen LogP contribution in [0.3, 0.4) is 0 Å². The average Bonchev–Trinajstić information content (AvgIpc) is 2.45. The number of nitrogens with zero attached hydrogens (tertiary/aromatic N) is 1. The quantitative estimate of drug-likeness (QED) is 0.479. The van der Waals surface area contributed by atoms with Gasteiger partial charge in [-0.2, -0.15) is 0 Å². The van der Waals surface area contributed by atoms with Crippen LogP contribution < -0.4 is 0 Å². The monoisotopic (exact) mass is 265 g/mol. The van der Waals surface area contributed by atoms with Crippen LogP contribution in [0.2, 0.25) is 0 Å². The summed E-state index contributed by atoms with van der Waals surface area (Å²) >= 11 is 0. The van der Waals surface area contributed by atoms with Crippen molar-refractivity contribution >= 4 is 0 Å². The van der Waals surface area contributed by atoms with Gasteiger partial charge in [0.25, 0.3) is 0 Å². The van der Waals surface area contributed by atoms with Crippen LogP contribution in [-0.2, 0) is 4.84 Å². The van der Waals surface area contributed by atoms with E-state index in [4.69, 9.17) is 4.84 Å². The van der Waals surface area contributed by atoms with E-state index in [0.717, 1.165) is 0 Å². The summed E-state index contributed by atoms with van der Waals surface area (Å²) in [4.78, 5) is 5.70. The minimum atomic E-state index is 0.143. The summed E-state index contributed by atoms with van der Waals surface area (Å²) in [7, 11) is 0. The second-order valence-electron chi connectivity index (χ2n) is 5.87. The van der Waals surface area contributed by atoms with Crippen LogP contribution in [0.4, 0.5) is 0 Å². The molecule has 2 heteroatoms. The highest BCUT2D eigenvalue weighted by Gasteiger charge is 2.30. The number of hydroxylamine groups is 2. The van der Waals surface area contributed by atoms with E-state index in [0.29, 0.717) is 0 Å². The van der Waals surface area contributed by atoms with Gasteiger partial charge in [-0.15, -0.1) is 0 Å².